The maximum atomic E-state index is 2.62. The normalized spacial score (nSPS) is 31.3. The summed E-state index contributed by atoms with van der Waals surface area (Å²) in [4.78, 5) is 0. The molecule has 1 saturated heterocycles. The third-order valence-corrected chi connectivity index (χ3v) is 15.7. The maximum Gasteiger partial charge on any atom is 0.267 e. The molecule has 2 N–H and O–H groups in total. The zero-order chi connectivity index (χ0) is 35.7. The predicted octanol–water partition coefficient (Wildman–Crippen LogP) is 10.3. The second-order valence-corrected chi connectivity index (χ2v) is 18.0. The van der Waals surface area contributed by atoms with E-state index in [2.05, 4.69) is 183 Å². The van der Waals surface area contributed by atoms with Crippen molar-refractivity contribution in [2.24, 2.45) is 23.7 Å². The molecular weight excluding hydrogens is 671 g/mol. The Kier molecular flexibility index (Phi) is 6.61. The van der Waals surface area contributed by atoms with Crippen LogP contribution < -0.4 is 5.32 Å². The molecule has 8 atom stereocenters. The van der Waals surface area contributed by atoms with Gasteiger partial charge in [0.2, 0.25) is 5.25 Å². The summed E-state index contributed by atoms with van der Waals surface area (Å²) in [5.74, 6) is 1.92. The molecule has 0 aromatic heterocycles. The SMILES string of the molecule is CC1C=CC=C2c3ccccc3C3(C4=C(c5ccc(-c6ccc7c(c6)C6C(=CC=C8[NH2+]C(c9ccccc9)[SH+]C86)C=C7)cc53)C(C)C3C=CC=CC3=C4)C21. The number of rotatable bonds is 2. The lowest BCUT2D eigenvalue weighted by Crippen LogP contribution is -2.80. The Morgan fingerprint density at radius 2 is 1.54 bits per heavy atom. The number of allylic oxidation sites excluding steroid dienone is 16. The van der Waals surface area contributed by atoms with Crippen LogP contribution in [0.3, 0.4) is 0 Å². The molecule has 1 spiro atoms. The summed E-state index contributed by atoms with van der Waals surface area (Å²) in [5.41, 5.74) is 21.5. The zero-order valence-corrected chi connectivity index (χ0v) is 31.5. The summed E-state index contributed by atoms with van der Waals surface area (Å²) in [7, 11) is 0. The van der Waals surface area contributed by atoms with E-state index in [1.54, 1.807) is 5.57 Å². The van der Waals surface area contributed by atoms with Crippen molar-refractivity contribution in [1.82, 2.24) is 0 Å². The number of fused-ring (bicyclic) bond motifs is 15. The van der Waals surface area contributed by atoms with E-state index in [4.69, 9.17) is 0 Å². The largest absolute Gasteiger partial charge is 0.267 e. The molecule has 2 heteroatoms. The predicted molar refractivity (Wildman–Crippen MR) is 226 cm³/mol. The van der Waals surface area contributed by atoms with Crippen molar-refractivity contribution in [2.75, 3.05) is 0 Å². The van der Waals surface area contributed by atoms with Crippen molar-refractivity contribution >= 4 is 29.0 Å². The standard InChI is InChI=1S/C52H41NS/c1-30-11-10-17-40-39-16-8-9-18-43(39)52(49(30)40)44-28-36(23-25-41(44)47-31(2)38-15-7-6-14-37(38)29-45(47)52)35-22-20-32-19-21-33-24-26-46-50(48(33)42(32)27-35)54-51(53-46)34-12-4-3-5-13-34/h3-31,38,48-51,53H,1-2H3/p+2. The molecule has 8 aliphatic rings. The van der Waals surface area contributed by atoms with Crippen LogP contribution in [-0.2, 0) is 17.2 Å². The molecule has 0 bridgehead atoms. The Labute approximate surface area is 322 Å². The number of nitrogens with two attached hydrogens (primary N) is 1. The van der Waals surface area contributed by atoms with Gasteiger partial charge in [0.05, 0.1) is 28.7 Å². The molecule has 7 aliphatic carbocycles. The Hall–Kier alpha value is -5.15. The molecule has 4 aromatic rings. The van der Waals surface area contributed by atoms with Crippen LogP contribution in [0.25, 0.3) is 28.3 Å². The zero-order valence-electron chi connectivity index (χ0n) is 30.7. The van der Waals surface area contributed by atoms with E-state index in [9.17, 15) is 0 Å². The van der Waals surface area contributed by atoms with Crippen LogP contribution in [0.5, 0.6) is 0 Å². The fourth-order valence-electron chi connectivity index (χ4n) is 11.8. The number of hydrogen-bond acceptors (Lipinski definition) is 0. The van der Waals surface area contributed by atoms with Crippen LogP contribution >= 0.6 is 0 Å². The maximum absolute atomic E-state index is 2.62. The Morgan fingerprint density at radius 3 is 2.46 bits per heavy atom. The highest BCUT2D eigenvalue weighted by molar-refractivity contribution is 7.79. The highest BCUT2D eigenvalue weighted by Gasteiger charge is 2.60. The Bertz CT molecular complexity index is 2620. The van der Waals surface area contributed by atoms with Crippen LogP contribution in [0.2, 0.25) is 0 Å². The van der Waals surface area contributed by atoms with E-state index >= 15 is 0 Å². The van der Waals surface area contributed by atoms with E-state index in [0.29, 0.717) is 40.2 Å². The summed E-state index contributed by atoms with van der Waals surface area (Å²) in [5, 5.41) is 3.44. The van der Waals surface area contributed by atoms with Crippen molar-refractivity contribution in [3.63, 3.8) is 0 Å². The molecule has 1 nitrogen and oxygen atoms in total. The van der Waals surface area contributed by atoms with Gasteiger partial charge in [-0.15, -0.1) is 0 Å². The summed E-state index contributed by atoms with van der Waals surface area (Å²) in [6.07, 6.45) is 28.6. The molecule has 0 radical (unpaired) electrons. The number of quaternary nitrogens is 1. The molecule has 1 heterocycles. The third-order valence-electron chi connectivity index (χ3n) is 14.0. The van der Waals surface area contributed by atoms with Gasteiger partial charge >= 0.3 is 0 Å². The van der Waals surface area contributed by atoms with E-state index in [1.165, 1.54) is 89.8 Å². The van der Waals surface area contributed by atoms with Crippen LogP contribution in [0.15, 0.2) is 180 Å². The van der Waals surface area contributed by atoms with E-state index in [1.807, 2.05) is 0 Å². The average molecular weight is 714 g/mol. The number of benzene rings is 4. The minimum Gasteiger partial charge on any atom is -0.265 e. The molecule has 1 aliphatic heterocycles. The smallest absolute Gasteiger partial charge is 0.265 e. The molecule has 8 unspecified atom stereocenters. The van der Waals surface area contributed by atoms with Gasteiger partial charge in [-0.05, 0) is 108 Å². The quantitative estimate of drug-likeness (QED) is 0.157. The molecule has 54 heavy (non-hydrogen) atoms. The molecule has 260 valence electrons. The molecule has 12 rings (SSSR count). The minimum atomic E-state index is -0.241. The van der Waals surface area contributed by atoms with E-state index in [-0.39, 0.29) is 5.41 Å². The van der Waals surface area contributed by atoms with Crippen LogP contribution in [0.1, 0.15) is 64.1 Å². The lowest BCUT2D eigenvalue weighted by atomic mass is 9.60. The fourth-order valence-corrected chi connectivity index (χ4v) is 13.6. The van der Waals surface area contributed by atoms with Gasteiger partial charge in [-0.25, -0.2) is 0 Å². The van der Waals surface area contributed by atoms with Crippen molar-refractivity contribution in [3.05, 3.63) is 219 Å². The first-order valence-corrected chi connectivity index (χ1v) is 20.9. The van der Waals surface area contributed by atoms with E-state index in [0.717, 1.165) is 0 Å². The van der Waals surface area contributed by atoms with Gasteiger partial charge in [0, 0.05) is 17.9 Å². The van der Waals surface area contributed by atoms with Gasteiger partial charge in [0.25, 0.3) is 5.37 Å². The van der Waals surface area contributed by atoms with Crippen LogP contribution in [0.4, 0.5) is 0 Å². The van der Waals surface area contributed by atoms with Gasteiger partial charge in [0.15, 0.2) is 5.70 Å². The first kappa shape index (κ1) is 31.2. The lowest BCUT2D eigenvalue weighted by molar-refractivity contribution is -0.621. The monoisotopic (exact) mass is 713 g/mol. The summed E-state index contributed by atoms with van der Waals surface area (Å²) < 4.78 is 0. The third kappa shape index (κ3) is 4.11. The average Bonchev–Trinajstić information content (AvgIpc) is 3.88. The van der Waals surface area contributed by atoms with Crippen LogP contribution in [0, 0.1) is 23.7 Å². The topological polar surface area (TPSA) is 16.6 Å². The highest BCUT2D eigenvalue weighted by atomic mass is 32.2. The fraction of sp³-hybridized carbons (Fsp3) is 0.192. The molecule has 4 aromatic carbocycles. The number of thiol groups is 1. The first-order valence-electron chi connectivity index (χ1n) is 19.9. The van der Waals surface area contributed by atoms with Crippen LogP contribution in [-0.4, -0.2) is 5.25 Å². The van der Waals surface area contributed by atoms with Gasteiger partial charge in [0.1, 0.15) is 0 Å². The van der Waals surface area contributed by atoms with E-state index < -0.39 is 0 Å². The van der Waals surface area contributed by atoms with Crippen molar-refractivity contribution < 1.29 is 5.32 Å². The molecule has 0 saturated carbocycles. The summed E-state index contributed by atoms with van der Waals surface area (Å²) >= 11 is 1.48. The number of hydrogen-bond donors (Lipinski definition) is 1. The van der Waals surface area contributed by atoms with Gasteiger partial charge in [-0.3, -0.25) is 5.32 Å². The molecule has 0 amide bonds. The van der Waals surface area contributed by atoms with Crippen molar-refractivity contribution in [1.29, 1.82) is 0 Å². The Morgan fingerprint density at radius 1 is 0.685 bits per heavy atom. The second kappa shape index (κ2) is 11.4. The Balaban J connectivity index is 1.02. The van der Waals surface area contributed by atoms with Gasteiger partial charge in [-0.2, -0.15) is 0 Å². The minimum absolute atomic E-state index is 0.241. The molecule has 1 fully saturated rings. The van der Waals surface area contributed by atoms with Crippen molar-refractivity contribution in [2.45, 2.75) is 35.8 Å². The summed E-state index contributed by atoms with van der Waals surface area (Å²) in [6, 6.07) is 35.3. The van der Waals surface area contributed by atoms with Crippen molar-refractivity contribution in [3.8, 4) is 11.1 Å². The highest BCUT2D eigenvalue weighted by Crippen LogP contribution is 2.68. The van der Waals surface area contributed by atoms with Gasteiger partial charge in [-0.1, -0.05) is 147 Å². The van der Waals surface area contributed by atoms with Gasteiger partial charge < -0.3 is 0 Å². The summed E-state index contributed by atoms with van der Waals surface area (Å²) in [6.45, 7) is 4.93. The second-order valence-electron chi connectivity index (χ2n) is 16.6. The first-order chi connectivity index (χ1) is 26.6. The lowest BCUT2D eigenvalue weighted by Gasteiger charge is -2.41. The molecular formula is C52H43NS+2.